The predicted molar refractivity (Wildman–Crippen MR) is 72.6 cm³/mol. The molecule has 2 rings (SSSR count). The standard InChI is InChI=1S/C13H22N2OS/c1-3-5-11-12(9-16)17-13(14-11)15(2)8-10-6-4-7-10/h10,16H,3-9H2,1-2H3. The molecular weight excluding hydrogens is 232 g/mol. The Kier molecular flexibility index (Phi) is 4.40. The highest BCUT2D eigenvalue weighted by Gasteiger charge is 2.21. The van der Waals surface area contributed by atoms with Crippen molar-refractivity contribution in [1.82, 2.24) is 4.98 Å². The Labute approximate surface area is 107 Å². The van der Waals surface area contributed by atoms with E-state index in [9.17, 15) is 5.11 Å². The summed E-state index contributed by atoms with van der Waals surface area (Å²) < 4.78 is 0. The van der Waals surface area contributed by atoms with Crippen LogP contribution in [0.2, 0.25) is 0 Å². The van der Waals surface area contributed by atoms with E-state index in [-0.39, 0.29) is 6.61 Å². The number of hydrogen-bond donors (Lipinski definition) is 1. The van der Waals surface area contributed by atoms with Crippen LogP contribution in [-0.2, 0) is 13.0 Å². The van der Waals surface area contributed by atoms with Gasteiger partial charge in [0.25, 0.3) is 0 Å². The normalized spacial score (nSPS) is 15.9. The molecule has 1 aromatic rings. The van der Waals surface area contributed by atoms with Crippen molar-refractivity contribution in [3.05, 3.63) is 10.6 Å². The molecule has 1 aliphatic carbocycles. The van der Waals surface area contributed by atoms with E-state index in [1.54, 1.807) is 11.3 Å². The van der Waals surface area contributed by atoms with Gasteiger partial charge in [-0.05, 0) is 25.2 Å². The summed E-state index contributed by atoms with van der Waals surface area (Å²) in [4.78, 5) is 7.97. The molecule has 96 valence electrons. The van der Waals surface area contributed by atoms with E-state index in [1.807, 2.05) is 0 Å². The Balaban J connectivity index is 2.03. The number of thiazole rings is 1. The quantitative estimate of drug-likeness (QED) is 0.848. The Bertz CT molecular complexity index is 360. The molecule has 17 heavy (non-hydrogen) atoms. The molecule has 1 saturated carbocycles. The monoisotopic (exact) mass is 254 g/mol. The Hall–Kier alpha value is -0.610. The van der Waals surface area contributed by atoms with Gasteiger partial charge in [0, 0.05) is 13.6 Å². The van der Waals surface area contributed by atoms with Gasteiger partial charge in [0.2, 0.25) is 0 Å². The van der Waals surface area contributed by atoms with E-state index in [0.717, 1.165) is 41.0 Å². The Morgan fingerprint density at radius 3 is 2.76 bits per heavy atom. The summed E-state index contributed by atoms with van der Waals surface area (Å²) in [5.74, 6) is 0.858. The fraction of sp³-hybridized carbons (Fsp3) is 0.769. The van der Waals surface area contributed by atoms with Gasteiger partial charge in [0.15, 0.2) is 5.13 Å². The summed E-state index contributed by atoms with van der Waals surface area (Å²) in [5.41, 5.74) is 1.09. The number of aliphatic hydroxyl groups excluding tert-OH is 1. The first kappa shape index (κ1) is 12.8. The predicted octanol–water partition coefficient (Wildman–Crippen LogP) is 2.82. The highest BCUT2D eigenvalue weighted by atomic mass is 32.1. The summed E-state index contributed by atoms with van der Waals surface area (Å²) in [6.07, 6.45) is 6.18. The third kappa shape index (κ3) is 2.99. The summed E-state index contributed by atoms with van der Waals surface area (Å²) >= 11 is 1.65. The average molecular weight is 254 g/mol. The third-order valence-corrected chi connectivity index (χ3v) is 4.68. The molecule has 0 amide bonds. The fourth-order valence-electron chi connectivity index (χ4n) is 2.23. The molecule has 1 N–H and O–H groups in total. The summed E-state index contributed by atoms with van der Waals surface area (Å²) in [6, 6.07) is 0. The molecule has 0 bridgehead atoms. The Morgan fingerprint density at radius 2 is 2.24 bits per heavy atom. The summed E-state index contributed by atoms with van der Waals surface area (Å²) in [6.45, 7) is 3.40. The maximum atomic E-state index is 9.33. The van der Waals surface area contributed by atoms with Gasteiger partial charge in [-0.3, -0.25) is 0 Å². The van der Waals surface area contributed by atoms with Crippen molar-refractivity contribution < 1.29 is 5.11 Å². The van der Waals surface area contributed by atoms with Gasteiger partial charge in [-0.2, -0.15) is 0 Å². The van der Waals surface area contributed by atoms with Crippen molar-refractivity contribution in [2.75, 3.05) is 18.5 Å². The third-order valence-electron chi connectivity index (χ3n) is 3.48. The van der Waals surface area contributed by atoms with Gasteiger partial charge in [-0.1, -0.05) is 31.1 Å². The zero-order valence-corrected chi connectivity index (χ0v) is 11.6. The van der Waals surface area contributed by atoms with E-state index in [0.29, 0.717) is 0 Å². The zero-order valence-electron chi connectivity index (χ0n) is 10.8. The molecule has 4 heteroatoms. The van der Waals surface area contributed by atoms with Gasteiger partial charge >= 0.3 is 0 Å². The molecular formula is C13H22N2OS. The van der Waals surface area contributed by atoms with Gasteiger partial charge in [0.05, 0.1) is 17.2 Å². The number of hydrogen-bond acceptors (Lipinski definition) is 4. The topological polar surface area (TPSA) is 36.4 Å². The van der Waals surface area contributed by atoms with E-state index < -0.39 is 0 Å². The van der Waals surface area contributed by atoms with Crippen LogP contribution in [0.3, 0.4) is 0 Å². The first-order chi connectivity index (χ1) is 8.24. The second kappa shape index (κ2) is 5.83. The van der Waals surface area contributed by atoms with Crippen LogP contribution in [0.25, 0.3) is 0 Å². The lowest BCUT2D eigenvalue weighted by molar-refractivity contribution is 0.284. The second-order valence-corrected chi connectivity index (χ2v) is 6.01. The maximum Gasteiger partial charge on any atom is 0.185 e. The molecule has 1 aliphatic rings. The van der Waals surface area contributed by atoms with Crippen LogP contribution in [0.15, 0.2) is 0 Å². The van der Waals surface area contributed by atoms with Gasteiger partial charge < -0.3 is 10.0 Å². The largest absolute Gasteiger partial charge is 0.391 e. The molecule has 3 nitrogen and oxygen atoms in total. The van der Waals surface area contributed by atoms with Crippen LogP contribution in [0.5, 0.6) is 0 Å². The van der Waals surface area contributed by atoms with Crippen molar-refractivity contribution in [2.24, 2.45) is 5.92 Å². The zero-order chi connectivity index (χ0) is 12.3. The summed E-state index contributed by atoms with van der Waals surface area (Å²) in [7, 11) is 2.12. The first-order valence-electron chi connectivity index (χ1n) is 6.55. The van der Waals surface area contributed by atoms with Crippen LogP contribution in [0, 0.1) is 5.92 Å². The lowest BCUT2D eigenvalue weighted by atomic mass is 9.85. The number of rotatable bonds is 6. The highest BCUT2D eigenvalue weighted by molar-refractivity contribution is 7.15. The number of aromatic nitrogens is 1. The van der Waals surface area contributed by atoms with Gasteiger partial charge in [-0.15, -0.1) is 0 Å². The number of aryl methyl sites for hydroxylation is 1. The fourth-order valence-corrected chi connectivity index (χ4v) is 3.17. The molecule has 0 saturated heterocycles. The van der Waals surface area contributed by atoms with Crippen molar-refractivity contribution in [2.45, 2.75) is 45.6 Å². The molecule has 0 aromatic carbocycles. The van der Waals surface area contributed by atoms with Crippen molar-refractivity contribution in [1.29, 1.82) is 0 Å². The molecule has 0 spiro atoms. The molecule has 0 atom stereocenters. The maximum absolute atomic E-state index is 9.33. The lowest BCUT2D eigenvalue weighted by Crippen LogP contribution is -2.29. The van der Waals surface area contributed by atoms with Gasteiger partial charge in [-0.25, -0.2) is 4.98 Å². The van der Waals surface area contributed by atoms with E-state index in [2.05, 4.69) is 23.9 Å². The van der Waals surface area contributed by atoms with Gasteiger partial charge in [0.1, 0.15) is 0 Å². The molecule has 0 unspecified atom stereocenters. The van der Waals surface area contributed by atoms with E-state index in [1.165, 1.54) is 19.3 Å². The minimum atomic E-state index is 0.129. The Morgan fingerprint density at radius 1 is 1.47 bits per heavy atom. The first-order valence-corrected chi connectivity index (χ1v) is 7.36. The molecule has 1 heterocycles. The van der Waals surface area contributed by atoms with E-state index in [4.69, 9.17) is 0 Å². The molecule has 0 radical (unpaired) electrons. The SMILES string of the molecule is CCCc1nc(N(C)CC2CCC2)sc1CO. The minimum Gasteiger partial charge on any atom is -0.391 e. The van der Waals surface area contributed by atoms with Crippen LogP contribution >= 0.6 is 11.3 Å². The van der Waals surface area contributed by atoms with Crippen molar-refractivity contribution in [3.8, 4) is 0 Å². The number of anilines is 1. The summed E-state index contributed by atoms with van der Waals surface area (Å²) in [5, 5.41) is 10.4. The average Bonchev–Trinajstić information content (AvgIpc) is 2.67. The molecule has 0 aliphatic heterocycles. The number of aliphatic hydroxyl groups is 1. The van der Waals surface area contributed by atoms with E-state index >= 15 is 0 Å². The lowest BCUT2D eigenvalue weighted by Gasteiger charge is -2.29. The van der Waals surface area contributed by atoms with Crippen LogP contribution < -0.4 is 4.90 Å². The molecule has 1 fully saturated rings. The van der Waals surface area contributed by atoms with Crippen LogP contribution in [0.1, 0.15) is 43.2 Å². The highest BCUT2D eigenvalue weighted by Crippen LogP contribution is 2.31. The number of nitrogens with zero attached hydrogens (tertiary/aromatic N) is 2. The van der Waals surface area contributed by atoms with Crippen LogP contribution in [-0.4, -0.2) is 23.7 Å². The van der Waals surface area contributed by atoms with Crippen molar-refractivity contribution in [3.63, 3.8) is 0 Å². The van der Waals surface area contributed by atoms with Crippen molar-refractivity contribution >= 4 is 16.5 Å². The minimum absolute atomic E-state index is 0.129. The smallest absolute Gasteiger partial charge is 0.185 e. The van der Waals surface area contributed by atoms with Crippen LogP contribution in [0.4, 0.5) is 5.13 Å². The second-order valence-electron chi connectivity index (χ2n) is 4.95. The molecule has 1 aromatic heterocycles.